The van der Waals surface area contributed by atoms with Gasteiger partial charge in [0.2, 0.25) is 0 Å². The van der Waals surface area contributed by atoms with Gasteiger partial charge in [-0.2, -0.15) is 11.8 Å². The molecule has 1 aliphatic rings. The summed E-state index contributed by atoms with van der Waals surface area (Å²) in [6.45, 7) is 7.41. The Hall–Kier alpha value is 0.310. The Morgan fingerprint density at radius 3 is 2.80 bits per heavy atom. The largest absolute Gasteiger partial charge is 0.375 e. The zero-order valence-electron chi connectivity index (χ0n) is 7.02. The van der Waals surface area contributed by atoms with E-state index in [1.807, 2.05) is 11.8 Å². The molecule has 0 aliphatic carbocycles. The number of thioether (sulfide) groups is 1. The molecule has 0 bridgehead atoms. The lowest BCUT2D eigenvalue weighted by Gasteiger charge is -2.22. The van der Waals surface area contributed by atoms with Gasteiger partial charge in [-0.15, -0.1) is 0 Å². The lowest BCUT2D eigenvalue weighted by atomic mass is 10.0. The average molecular weight is 160 g/mol. The van der Waals surface area contributed by atoms with Gasteiger partial charge in [0.05, 0.1) is 5.60 Å². The summed E-state index contributed by atoms with van der Waals surface area (Å²) in [5, 5.41) is 0.788. The van der Waals surface area contributed by atoms with Crippen molar-refractivity contribution >= 4 is 11.8 Å². The molecule has 1 fully saturated rings. The summed E-state index contributed by atoms with van der Waals surface area (Å²) in [5.41, 5.74) is 0.179. The minimum atomic E-state index is 0.179. The molecular formula is C8H16OS. The summed E-state index contributed by atoms with van der Waals surface area (Å²) < 4.78 is 5.64. The molecule has 0 aromatic heterocycles. The van der Waals surface area contributed by atoms with E-state index in [9.17, 15) is 0 Å². The second-order valence-electron chi connectivity index (χ2n) is 3.21. The van der Waals surface area contributed by atoms with Crippen LogP contribution in [0.25, 0.3) is 0 Å². The van der Waals surface area contributed by atoms with E-state index in [2.05, 4.69) is 20.8 Å². The first-order valence-corrected chi connectivity index (χ1v) is 4.97. The first-order valence-electron chi connectivity index (χ1n) is 3.92. The maximum atomic E-state index is 5.64. The highest BCUT2D eigenvalue weighted by atomic mass is 32.2. The van der Waals surface area contributed by atoms with Gasteiger partial charge in [0, 0.05) is 17.6 Å². The van der Waals surface area contributed by atoms with Crippen LogP contribution >= 0.6 is 11.8 Å². The van der Waals surface area contributed by atoms with Crippen LogP contribution in [0, 0.1) is 0 Å². The van der Waals surface area contributed by atoms with Gasteiger partial charge < -0.3 is 4.74 Å². The van der Waals surface area contributed by atoms with Crippen molar-refractivity contribution in [2.24, 2.45) is 0 Å². The zero-order valence-corrected chi connectivity index (χ0v) is 7.83. The van der Waals surface area contributed by atoms with Crippen LogP contribution in [0.5, 0.6) is 0 Å². The molecule has 0 amide bonds. The summed E-state index contributed by atoms with van der Waals surface area (Å²) in [7, 11) is 0. The molecule has 0 aromatic carbocycles. The molecule has 1 aliphatic heterocycles. The van der Waals surface area contributed by atoms with Gasteiger partial charge in [-0.05, 0) is 20.3 Å². The molecule has 0 saturated carbocycles. The van der Waals surface area contributed by atoms with Crippen LogP contribution in [-0.4, -0.2) is 23.2 Å². The fourth-order valence-electron chi connectivity index (χ4n) is 1.49. The molecule has 0 aromatic rings. The van der Waals surface area contributed by atoms with Crippen LogP contribution in [0.3, 0.4) is 0 Å². The number of ether oxygens (including phenoxy) is 1. The molecule has 0 spiro atoms. The fourth-order valence-corrected chi connectivity index (χ4v) is 2.80. The highest BCUT2D eigenvalue weighted by molar-refractivity contribution is 8.00. The summed E-state index contributed by atoms with van der Waals surface area (Å²) in [6, 6.07) is 0. The minimum absolute atomic E-state index is 0.179. The first kappa shape index (κ1) is 8.41. The number of hydrogen-bond donors (Lipinski definition) is 0. The molecule has 2 atom stereocenters. The highest BCUT2D eigenvalue weighted by Gasteiger charge is 2.33. The SMILES string of the molecule is CCOC1(C)CSC(C)C1. The Kier molecular flexibility index (Phi) is 2.64. The summed E-state index contributed by atoms with van der Waals surface area (Å²) in [4.78, 5) is 0. The van der Waals surface area contributed by atoms with Gasteiger partial charge in [0.15, 0.2) is 0 Å². The van der Waals surface area contributed by atoms with Crippen molar-refractivity contribution in [2.75, 3.05) is 12.4 Å². The topological polar surface area (TPSA) is 9.23 Å². The third-order valence-electron chi connectivity index (χ3n) is 1.89. The molecule has 10 heavy (non-hydrogen) atoms. The molecule has 0 N–H and O–H groups in total. The third-order valence-corrected chi connectivity index (χ3v) is 3.40. The second-order valence-corrected chi connectivity index (χ2v) is 4.64. The van der Waals surface area contributed by atoms with Crippen molar-refractivity contribution in [3.05, 3.63) is 0 Å². The quantitative estimate of drug-likeness (QED) is 0.613. The van der Waals surface area contributed by atoms with Gasteiger partial charge in [0.25, 0.3) is 0 Å². The molecule has 1 rings (SSSR count). The van der Waals surface area contributed by atoms with Gasteiger partial charge in [-0.3, -0.25) is 0 Å². The average Bonchev–Trinajstić information content (AvgIpc) is 2.12. The van der Waals surface area contributed by atoms with Gasteiger partial charge >= 0.3 is 0 Å². The van der Waals surface area contributed by atoms with Crippen molar-refractivity contribution in [3.63, 3.8) is 0 Å². The summed E-state index contributed by atoms with van der Waals surface area (Å²) in [5.74, 6) is 1.17. The fraction of sp³-hybridized carbons (Fsp3) is 1.00. The molecule has 0 radical (unpaired) electrons. The highest BCUT2D eigenvalue weighted by Crippen LogP contribution is 2.36. The van der Waals surface area contributed by atoms with E-state index in [0.717, 1.165) is 11.9 Å². The van der Waals surface area contributed by atoms with Gasteiger partial charge in [-0.25, -0.2) is 0 Å². The molecule has 1 saturated heterocycles. The van der Waals surface area contributed by atoms with E-state index in [1.165, 1.54) is 12.2 Å². The maximum Gasteiger partial charge on any atom is 0.0754 e. The lowest BCUT2D eigenvalue weighted by molar-refractivity contribution is -0.00634. The second kappa shape index (κ2) is 3.14. The summed E-state index contributed by atoms with van der Waals surface area (Å²) >= 11 is 2.02. The predicted molar refractivity (Wildman–Crippen MR) is 46.6 cm³/mol. The molecule has 1 heterocycles. The Bertz CT molecular complexity index is 112. The minimum Gasteiger partial charge on any atom is -0.375 e. The lowest BCUT2D eigenvalue weighted by Crippen LogP contribution is -2.28. The smallest absolute Gasteiger partial charge is 0.0754 e. The van der Waals surface area contributed by atoms with Crippen LogP contribution < -0.4 is 0 Å². The van der Waals surface area contributed by atoms with Crippen molar-refractivity contribution in [1.29, 1.82) is 0 Å². The number of rotatable bonds is 2. The predicted octanol–water partition coefficient (Wildman–Crippen LogP) is 2.31. The van der Waals surface area contributed by atoms with E-state index in [1.54, 1.807) is 0 Å². The zero-order chi connectivity index (χ0) is 7.61. The Labute approximate surface area is 67.5 Å². The molecule has 1 nitrogen and oxygen atoms in total. The van der Waals surface area contributed by atoms with E-state index >= 15 is 0 Å². The standard InChI is InChI=1S/C8H16OS/c1-4-9-8(3)5-7(2)10-6-8/h7H,4-6H2,1-3H3. The Balaban J connectivity index is 2.38. The Morgan fingerprint density at radius 1 is 1.70 bits per heavy atom. The van der Waals surface area contributed by atoms with E-state index < -0.39 is 0 Å². The van der Waals surface area contributed by atoms with E-state index in [0.29, 0.717) is 0 Å². The molecule has 2 heteroatoms. The van der Waals surface area contributed by atoms with Crippen LogP contribution in [0.2, 0.25) is 0 Å². The maximum absolute atomic E-state index is 5.64. The normalized spacial score (nSPS) is 40.5. The first-order chi connectivity index (χ1) is 4.66. The number of hydrogen-bond acceptors (Lipinski definition) is 2. The Morgan fingerprint density at radius 2 is 2.40 bits per heavy atom. The molecule has 2 unspecified atom stereocenters. The van der Waals surface area contributed by atoms with Gasteiger partial charge in [-0.1, -0.05) is 6.92 Å². The van der Waals surface area contributed by atoms with Crippen molar-refractivity contribution in [2.45, 2.75) is 38.0 Å². The van der Waals surface area contributed by atoms with E-state index in [4.69, 9.17) is 4.74 Å². The molecule has 60 valence electrons. The monoisotopic (exact) mass is 160 g/mol. The van der Waals surface area contributed by atoms with Crippen LogP contribution in [0.1, 0.15) is 27.2 Å². The van der Waals surface area contributed by atoms with Crippen LogP contribution in [0.15, 0.2) is 0 Å². The summed E-state index contributed by atoms with van der Waals surface area (Å²) in [6.07, 6.45) is 1.21. The van der Waals surface area contributed by atoms with Crippen LogP contribution in [0.4, 0.5) is 0 Å². The van der Waals surface area contributed by atoms with Gasteiger partial charge in [0.1, 0.15) is 0 Å². The van der Waals surface area contributed by atoms with Crippen molar-refractivity contribution in [3.8, 4) is 0 Å². The van der Waals surface area contributed by atoms with Crippen molar-refractivity contribution in [1.82, 2.24) is 0 Å². The molecular weight excluding hydrogens is 144 g/mol. The van der Waals surface area contributed by atoms with E-state index in [-0.39, 0.29) is 5.60 Å². The van der Waals surface area contributed by atoms with Crippen LogP contribution in [-0.2, 0) is 4.74 Å². The van der Waals surface area contributed by atoms with Crippen molar-refractivity contribution < 1.29 is 4.74 Å². The third kappa shape index (κ3) is 1.89.